The van der Waals surface area contributed by atoms with Gasteiger partial charge in [0, 0.05) is 22.6 Å². The maximum Gasteiger partial charge on any atom is 0.298 e. The Bertz CT molecular complexity index is 1240. The molecule has 0 aliphatic rings. The number of hydrogen-bond donors (Lipinski definition) is 3. The van der Waals surface area contributed by atoms with Crippen LogP contribution < -0.4 is 5.32 Å². The van der Waals surface area contributed by atoms with Crippen molar-refractivity contribution in [2.45, 2.75) is 11.8 Å². The fourth-order valence-electron chi connectivity index (χ4n) is 2.85. The van der Waals surface area contributed by atoms with E-state index in [9.17, 15) is 33.0 Å². The number of fused-ring (bicyclic) bond motifs is 1. The van der Waals surface area contributed by atoms with Crippen LogP contribution in [0.5, 0.6) is 5.75 Å². The predicted molar refractivity (Wildman–Crippen MR) is 101 cm³/mol. The standard InChI is InChI=1S/C18H14N2O7S/c1-10-9-12(5-7-14(10)20(23)24)18(22)19-13-4-2-3-11-6-8-15(28(25,26)27)17(21)16(11)13/h2-9,21H,1H3,(H,19,22)(H,25,26,27). The number of aryl methyl sites for hydroxylation is 1. The van der Waals surface area contributed by atoms with Crippen LogP contribution in [0.25, 0.3) is 10.8 Å². The van der Waals surface area contributed by atoms with E-state index in [4.69, 9.17) is 0 Å². The van der Waals surface area contributed by atoms with Crippen LogP contribution in [0, 0.1) is 17.0 Å². The summed E-state index contributed by atoms with van der Waals surface area (Å²) in [4.78, 5) is 22.2. The number of nitrogens with zero attached hydrogens (tertiary/aromatic N) is 1. The highest BCUT2D eigenvalue weighted by Crippen LogP contribution is 2.36. The van der Waals surface area contributed by atoms with E-state index >= 15 is 0 Å². The molecule has 0 atom stereocenters. The lowest BCUT2D eigenvalue weighted by Gasteiger charge is -2.12. The second-order valence-corrected chi connectivity index (χ2v) is 7.39. The third-order valence-electron chi connectivity index (χ3n) is 4.16. The maximum absolute atomic E-state index is 12.6. The number of nitro benzene ring substituents is 1. The molecule has 0 fully saturated rings. The van der Waals surface area contributed by atoms with Crippen LogP contribution in [-0.4, -0.2) is 28.9 Å². The number of amides is 1. The van der Waals surface area contributed by atoms with Crippen molar-refractivity contribution in [1.29, 1.82) is 0 Å². The Morgan fingerprint density at radius 3 is 2.46 bits per heavy atom. The lowest BCUT2D eigenvalue weighted by Crippen LogP contribution is -2.13. The first-order valence-corrected chi connectivity index (χ1v) is 9.32. The summed E-state index contributed by atoms with van der Waals surface area (Å²) in [5, 5.41) is 24.2. The molecule has 9 nitrogen and oxygen atoms in total. The van der Waals surface area contributed by atoms with Gasteiger partial charge >= 0.3 is 0 Å². The Morgan fingerprint density at radius 1 is 1.14 bits per heavy atom. The van der Waals surface area contributed by atoms with Crippen LogP contribution in [-0.2, 0) is 10.1 Å². The predicted octanol–water partition coefficient (Wildman–Crippen LogP) is 3.26. The van der Waals surface area contributed by atoms with Crippen LogP contribution in [0.15, 0.2) is 53.4 Å². The molecule has 0 saturated heterocycles. The normalized spacial score (nSPS) is 11.4. The third-order valence-corrected chi connectivity index (χ3v) is 5.05. The van der Waals surface area contributed by atoms with Crippen molar-refractivity contribution >= 4 is 38.2 Å². The smallest absolute Gasteiger partial charge is 0.298 e. The van der Waals surface area contributed by atoms with Gasteiger partial charge in [0.25, 0.3) is 21.7 Å². The molecule has 0 heterocycles. The minimum Gasteiger partial charge on any atom is -0.506 e. The molecule has 0 aliphatic heterocycles. The number of nitro groups is 1. The van der Waals surface area contributed by atoms with Crippen LogP contribution in [0.4, 0.5) is 11.4 Å². The molecule has 10 heteroatoms. The van der Waals surface area contributed by atoms with Gasteiger partial charge in [-0.2, -0.15) is 8.42 Å². The Morgan fingerprint density at radius 2 is 1.86 bits per heavy atom. The molecule has 0 aliphatic carbocycles. The summed E-state index contributed by atoms with van der Waals surface area (Å²) < 4.78 is 32.1. The van der Waals surface area contributed by atoms with Gasteiger partial charge in [0.2, 0.25) is 0 Å². The Kier molecular flexibility index (Phi) is 4.75. The number of carbonyl (C=O) groups excluding carboxylic acids is 1. The number of carbonyl (C=O) groups is 1. The maximum atomic E-state index is 12.6. The highest BCUT2D eigenvalue weighted by atomic mass is 32.2. The molecule has 3 aromatic rings. The van der Waals surface area contributed by atoms with Crippen molar-refractivity contribution < 1.29 is 27.8 Å². The summed E-state index contributed by atoms with van der Waals surface area (Å²) in [6, 6.07) is 10.9. The summed E-state index contributed by atoms with van der Waals surface area (Å²) >= 11 is 0. The molecular weight excluding hydrogens is 388 g/mol. The number of benzene rings is 3. The number of phenols is 1. The lowest BCUT2D eigenvalue weighted by molar-refractivity contribution is -0.385. The van der Waals surface area contributed by atoms with Crippen LogP contribution in [0.2, 0.25) is 0 Å². The van der Waals surface area contributed by atoms with Crippen LogP contribution >= 0.6 is 0 Å². The van der Waals surface area contributed by atoms with E-state index in [-0.39, 0.29) is 22.3 Å². The zero-order valence-electron chi connectivity index (χ0n) is 14.4. The van der Waals surface area contributed by atoms with Gasteiger partial charge in [0.05, 0.1) is 10.6 Å². The van der Waals surface area contributed by atoms with E-state index in [0.29, 0.717) is 10.9 Å². The molecule has 3 N–H and O–H groups in total. The van der Waals surface area contributed by atoms with Gasteiger partial charge in [-0.15, -0.1) is 0 Å². The summed E-state index contributed by atoms with van der Waals surface area (Å²) in [5.74, 6) is -1.31. The van der Waals surface area contributed by atoms with Gasteiger partial charge in [-0.25, -0.2) is 0 Å². The molecule has 0 spiro atoms. The molecule has 3 rings (SSSR count). The van der Waals surface area contributed by atoms with E-state index in [1.165, 1.54) is 37.3 Å². The van der Waals surface area contributed by atoms with E-state index in [0.717, 1.165) is 6.07 Å². The average molecular weight is 402 g/mol. The largest absolute Gasteiger partial charge is 0.506 e. The van der Waals surface area contributed by atoms with Crippen molar-refractivity contribution in [3.05, 3.63) is 69.8 Å². The minimum atomic E-state index is -4.67. The van der Waals surface area contributed by atoms with E-state index in [1.54, 1.807) is 12.1 Å². The van der Waals surface area contributed by atoms with Gasteiger partial charge in [0.15, 0.2) is 0 Å². The molecule has 1 amide bonds. The summed E-state index contributed by atoms with van der Waals surface area (Å²) in [7, 11) is -4.67. The van der Waals surface area contributed by atoms with Crippen LogP contribution in [0.1, 0.15) is 15.9 Å². The van der Waals surface area contributed by atoms with Crippen molar-refractivity contribution in [3.8, 4) is 5.75 Å². The highest BCUT2D eigenvalue weighted by molar-refractivity contribution is 7.86. The quantitative estimate of drug-likeness (QED) is 0.345. The Labute approximate surface area is 159 Å². The van der Waals surface area contributed by atoms with E-state index in [1.807, 2.05) is 0 Å². The lowest BCUT2D eigenvalue weighted by atomic mass is 10.1. The van der Waals surface area contributed by atoms with Crippen molar-refractivity contribution in [2.75, 3.05) is 5.32 Å². The van der Waals surface area contributed by atoms with Crippen molar-refractivity contribution in [3.63, 3.8) is 0 Å². The molecule has 0 bridgehead atoms. The second kappa shape index (κ2) is 6.91. The fraction of sp³-hybridized carbons (Fsp3) is 0.0556. The first-order valence-electron chi connectivity index (χ1n) is 7.88. The number of aromatic hydroxyl groups is 1. The fourth-order valence-corrected chi connectivity index (χ4v) is 3.44. The minimum absolute atomic E-state index is 0.0320. The van der Waals surface area contributed by atoms with Crippen LogP contribution in [0.3, 0.4) is 0 Å². The third kappa shape index (κ3) is 3.50. The first kappa shape index (κ1) is 19.3. The number of hydrogen-bond acceptors (Lipinski definition) is 6. The van der Waals surface area contributed by atoms with Gasteiger partial charge in [-0.3, -0.25) is 19.5 Å². The molecule has 0 aromatic heterocycles. The van der Waals surface area contributed by atoms with Gasteiger partial charge in [-0.1, -0.05) is 18.2 Å². The summed E-state index contributed by atoms with van der Waals surface area (Å²) in [6.45, 7) is 1.50. The zero-order valence-corrected chi connectivity index (χ0v) is 15.2. The number of nitrogens with one attached hydrogen (secondary N) is 1. The number of anilines is 1. The summed E-state index contributed by atoms with van der Waals surface area (Å²) in [5.41, 5.74) is 0.427. The SMILES string of the molecule is Cc1cc(C(=O)Nc2cccc3ccc(S(=O)(=O)O)c(O)c23)ccc1[N+](=O)[O-]. The number of phenolic OH excluding ortho intramolecular Hbond substituents is 1. The molecule has 144 valence electrons. The Hall–Kier alpha value is -3.50. The molecular formula is C18H14N2O7S. The monoisotopic (exact) mass is 402 g/mol. The van der Waals surface area contributed by atoms with Gasteiger partial charge in [0.1, 0.15) is 10.6 Å². The first-order chi connectivity index (χ1) is 13.1. The second-order valence-electron chi connectivity index (χ2n) is 6.00. The molecule has 28 heavy (non-hydrogen) atoms. The van der Waals surface area contributed by atoms with E-state index < -0.39 is 31.6 Å². The molecule has 0 saturated carbocycles. The van der Waals surface area contributed by atoms with Crippen molar-refractivity contribution in [1.82, 2.24) is 0 Å². The topological polar surface area (TPSA) is 147 Å². The zero-order chi connectivity index (χ0) is 20.6. The molecule has 3 aromatic carbocycles. The highest BCUT2D eigenvalue weighted by Gasteiger charge is 2.20. The van der Waals surface area contributed by atoms with E-state index in [2.05, 4.69) is 5.32 Å². The van der Waals surface area contributed by atoms with Crippen molar-refractivity contribution in [2.24, 2.45) is 0 Å². The van der Waals surface area contributed by atoms with Gasteiger partial charge < -0.3 is 10.4 Å². The summed E-state index contributed by atoms with van der Waals surface area (Å²) in [6.07, 6.45) is 0. The molecule has 0 radical (unpaired) electrons. The van der Waals surface area contributed by atoms with Gasteiger partial charge in [-0.05, 0) is 36.6 Å². The number of rotatable bonds is 4. The average Bonchev–Trinajstić information content (AvgIpc) is 2.60. The molecule has 0 unspecified atom stereocenters. The Balaban J connectivity index is 2.06.